The van der Waals surface area contributed by atoms with E-state index in [4.69, 9.17) is 32.0 Å². The van der Waals surface area contributed by atoms with Gasteiger partial charge in [0.05, 0.1) is 21.5 Å². The minimum atomic E-state index is -1.65. The second-order valence-corrected chi connectivity index (χ2v) is 9.28. The molecule has 1 aliphatic heterocycles. The fraction of sp³-hybridized carbons (Fsp3) is 0.231. The number of ether oxygens (including phenoxy) is 1. The number of piperidine rings is 1. The van der Waals surface area contributed by atoms with Gasteiger partial charge in [0.2, 0.25) is 5.91 Å². The summed E-state index contributed by atoms with van der Waals surface area (Å²) in [6.45, 7) is 4.94. The number of hydrogen-bond donors (Lipinski definition) is 2. The third-order valence-electron chi connectivity index (χ3n) is 6.46. The van der Waals surface area contributed by atoms with E-state index in [9.17, 15) is 4.79 Å². The van der Waals surface area contributed by atoms with Crippen LogP contribution >= 0.6 is 11.6 Å². The summed E-state index contributed by atoms with van der Waals surface area (Å²) in [6, 6.07) is 10.4. The second kappa shape index (κ2) is 10.3. The van der Waals surface area contributed by atoms with Crippen LogP contribution in [-0.4, -0.2) is 59.5 Å². The number of pyridine rings is 1. The van der Waals surface area contributed by atoms with Crippen molar-refractivity contribution >= 4 is 55.7 Å². The molecule has 1 aliphatic rings. The van der Waals surface area contributed by atoms with Crippen LogP contribution in [0, 0.1) is 0 Å². The number of aromatic amines is 1. The average Bonchev–Trinajstić information content (AvgIpc) is 3.36. The van der Waals surface area contributed by atoms with Crippen molar-refractivity contribution in [2.75, 3.05) is 18.4 Å². The molecule has 1 fully saturated rings. The van der Waals surface area contributed by atoms with Gasteiger partial charge in [-0.15, -0.1) is 0 Å². The maximum absolute atomic E-state index is 12.0. The zero-order chi connectivity index (χ0) is 26.0. The lowest BCUT2D eigenvalue weighted by Crippen LogP contribution is -2.36. The summed E-state index contributed by atoms with van der Waals surface area (Å²) in [4.78, 5) is 30.1. The van der Waals surface area contributed by atoms with Gasteiger partial charge in [0, 0.05) is 31.2 Å². The minimum absolute atomic E-state index is 0.0334. The van der Waals surface area contributed by atoms with Crippen molar-refractivity contribution in [1.82, 2.24) is 24.8 Å². The number of amides is 1. The van der Waals surface area contributed by atoms with Gasteiger partial charge in [0.15, 0.2) is 0 Å². The molecule has 0 saturated carbocycles. The highest BCUT2D eigenvalue weighted by Crippen LogP contribution is 2.37. The number of H-pyrrole nitrogens is 1. The Morgan fingerprint density at radius 2 is 2.03 bits per heavy atom. The fourth-order valence-electron chi connectivity index (χ4n) is 4.57. The Balaban J connectivity index is 1.36. The zero-order valence-electron chi connectivity index (χ0n) is 20.0. The molecule has 1 saturated heterocycles. The molecule has 0 atom stereocenters. The molecule has 3 aromatic heterocycles. The standard InChI is InChI=1S/C26H23B2ClN6O2/c1-2-22(36)35-11-8-16(9-12-35)18-14-31-24-23(18)25(33-15-32-24)34-17-6-7-20(19(29)13-17)37-26(27,28)21-5-3-4-10-30-21/h2-7,10,13-16H,1,8-9,11-12H2,(H2,31,32,33,34). The first-order valence-electron chi connectivity index (χ1n) is 11.8. The summed E-state index contributed by atoms with van der Waals surface area (Å²) in [7, 11) is 12.3. The van der Waals surface area contributed by atoms with Crippen LogP contribution in [0.4, 0.5) is 11.5 Å². The molecule has 8 nitrogen and oxygen atoms in total. The molecule has 5 rings (SSSR count). The number of fused-ring (bicyclic) bond motifs is 1. The molecule has 0 spiro atoms. The van der Waals surface area contributed by atoms with Crippen LogP contribution in [0.1, 0.15) is 30.0 Å². The third kappa shape index (κ3) is 5.20. The summed E-state index contributed by atoms with van der Waals surface area (Å²) in [6.07, 6.45) is 8.11. The minimum Gasteiger partial charge on any atom is -0.499 e. The maximum Gasteiger partial charge on any atom is 0.245 e. The van der Waals surface area contributed by atoms with Crippen LogP contribution in [0.25, 0.3) is 11.0 Å². The smallest absolute Gasteiger partial charge is 0.245 e. The van der Waals surface area contributed by atoms with Crippen LogP contribution in [0.3, 0.4) is 0 Å². The molecule has 1 amide bonds. The van der Waals surface area contributed by atoms with E-state index >= 15 is 0 Å². The SMILES string of the molecule is [B]C([B])(Oc1ccc(Nc2ncnc3[nH]cc(C4CCN(C(=O)C=C)CC4)c23)cc1Cl)c1ccccn1. The summed E-state index contributed by atoms with van der Waals surface area (Å²) in [5.74, 6) is 1.20. The van der Waals surface area contributed by atoms with Gasteiger partial charge >= 0.3 is 0 Å². The molecule has 37 heavy (non-hydrogen) atoms. The molecule has 2 N–H and O–H groups in total. The Labute approximate surface area is 222 Å². The predicted octanol–water partition coefficient (Wildman–Crippen LogP) is 4.17. The fourth-order valence-corrected chi connectivity index (χ4v) is 4.79. The number of anilines is 2. The van der Waals surface area contributed by atoms with E-state index < -0.39 is 5.40 Å². The van der Waals surface area contributed by atoms with Gasteiger partial charge < -0.3 is 19.9 Å². The lowest BCUT2D eigenvalue weighted by atomic mass is 9.63. The van der Waals surface area contributed by atoms with E-state index in [1.807, 2.05) is 11.1 Å². The van der Waals surface area contributed by atoms with E-state index in [2.05, 4.69) is 31.8 Å². The first kappa shape index (κ1) is 24.9. The van der Waals surface area contributed by atoms with E-state index in [1.54, 1.807) is 42.6 Å². The lowest BCUT2D eigenvalue weighted by molar-refractivity contribution is -0.127. The molecule has 1 aromatic carbocycles. The normalized spacial score (nSPS) is 14.5. The molecule has 182 valence electrons. The lowest BCUT2D eigenvalue weighted by Gasteiger charge is -2.31. The number of carbonyl (C=O) groups excluding carboxylic acids is 1. The molecule has 4 aromatic rings. The number of halogens is 1. The van der Waals surface area contributed by atoms with E-state index in [1.165, 1.54) is 12.4 Å². The van der Waals surface area contributed by atoms with E-state index in [0.29, 0.717) is 41.1 Å². The Morgan fingerprint density at radius 3 is 2.73 bits per heavy atom. The first-order chi connectivity index (χ1) is 17.9. The maximum atomic E-state index is 12.0. The van der Waals surface area contributed by atoms with E-state index in [-0.39, 0.29) is 11.8 Å². The van der Waals surface area contributed by atoms with Gasteiger partial charge in [0.1, 0.15) is 39.2 Å². The summed E-state index contributed by atoms with van der Waals surface area (Å²) >= 11 is 6.52. The Hall–Kier alpha value is -3.78. The average molecular weight is 509 g/mol. The topological polar surface area (TPSA) is 96.0 Å². The Kier molecular flexibility index (Phi) is 6.93. The van der Waals surface area contributed by atoms with Gasteiger partial charge in [-0.3, -0.25) is 9.78 Å². The van der Waals surface area contributed by atoms with Crippen molar-refractivity contribution in [1.29, 1.82) is 0 Å². The first-order valence-corrected chi connectivity index (χ1v) is 12.2. The number of nitrogens with one attached hydrogen (secondary N) is 2. The highest BCUT2D eigenvalue weighted by atomic mass is 35.5. The number of aromatic nitrogens is 4. The molecule has 4 radical (unpaired) electrons. The van der Waals surface area contributed by atoms with Gasteiger partial charge in [-0.05, 0) is 60.7 Å². The van der Waals surface area contributed by atoms with E-state index in [0.717, 1.165) is 29.4 Å². The Morgan fingerprint density at radius 1 is 1.22 bits per heavy atom. The summed E-state index contributed by atoms with van der Waals surface area (Å²) < 4.78 is 5.78. The molecule has 0 bridgehead atoms. The van der Waals surface area contributed by atoms with Crippen LogP contribution < -0.4 is 10.1 Å². The number of rotatable bonds is 7. The summed E-state index contributed by atoms with van der Waals surface area (Å²) in [5.41, 5.74) is 2.92. The second-order valence-electron chi connectivity index (χ2n) is 8.87. The molecular formula is C26H23B2ClN6O2. The van der Waals surface area contributed by atoms with Crippen molar-refractivity contribution in [2.45, 2.75) is 24.2 Å². The number of benzene rings is 1. The van der Waals surface area contributed by atoms with Gasteiger partial charge in [0.25, 0.3) is 0 Å². The monoisotopic (exact) mass is 508 g/mol. The quantitative estimate of drug-likeness (QED) is 0.287. The van der Waals surface area contributed by atoms with Crippen LogP contribution in [0.15, 0.2) is 67.8 Å². The predicted molar refractivity (Wildman–Crippen MR) is 145 cm³/mol. The zero-order valence-corrected chi connectivity index (χ0v) is 20.8. The molecule has 0 unspecified atom stereocenters. The highest BCUT2D eigenvalue weighted by molar-refractivity contribution is 6.39. The van der Waals surface area contributed by atoms with Crippen molar-refractivity contribution in [3.63, 3.8) is 0 Å². The number of nitrogens with zero attached hydrogens (tertiary/aromatic N) is 4. The number of likely N-dealkylation sites (tertiary alicyclic amines) is 1. The highest BCUT2D eigenvalue weighted by Gasteiger charge is 2.27. The van der Waals surface area contributed by atoms with Crippen molar-refractivity contribution < 1.29 is 9.53 Å². The number of carbonyl (C=O) groups is 1. The molecule has 11 heteroatoms. The van der Waals surface area contributed by atoms with Crippen molar-refractivity contribution in [2.24, 2.45) is 0 Å². The molecular weight excluding hydrogens is 485 g/mol. The van der Waals surface area contributed by atoms with Gasteiger partial charge in [-0.25, -0.2) is 9.97 Å². The largest absolute Gasteiger partial charge is 0.499 e. The van der Waals surface area contributed by atoms with Crippen LogP contribution in [0.2, 0.25) is 5.02 Å². The number of hydrogen-bond acceptors (Lipinski definition) is 6. The van der Waals surface area contributed by atoms with Crippen molar-refractivity contribution in [3.8, 4) is 5.75 Å². The van der Waals surface area contributed by atoms with Crippen LogP contribution in [-0.2, 0) is 10.2 Å². The van der Waals surface area contributed by atoms with Gasteiger partial charge in [-0.1, -0.05) is 24.2 Å². The van der Waals surface area contributed by atoms with Crippen LogP contribution in [0.5, 0.6) is 5.75 Å². The summed E-state index contributed by atoms with van der Waals surface area (Å²) in [5, 5.41) is 2.93. The van der Waals surface area contributed by atoms with Gasteiger partial charge in [-0.2, -0.15) is 0 Å². The molecule has 0 aliphatic carbocycles. The third-order valence-corrected chi connectivity index (χ3v) is 6.76. The molecule has 4 heterocycles. The Bertz CT molecular complexity index is 1440. The van der Waals surface area contributed by atoms with Crippen molar-refractivity contribution in [3.05, 3.63) is 84.1 Å².